The highest BCUT2D eigenvalue weighted by Gasteiger charge is 2.14. The second-order valence-corrected chi connectivity index (χ2v) is 5.04. The largest absolute Gasteiger partial charge is 0.397 e. The predicted molar refractivity (Wildman–Crippen MR) is 74.2 cm³/mol. The number of rotatable bonds is 4. The zero-order valence-corrected chi connectivity index (χ0v) is 10.7. The van der Waals surface area contributed by atoms with Crippen molar-refractivity contribution >= 4 is 11.4 Å². The van der Waals surface area contributed by atoms with Crippen LogP contribution in [0.25, 0.3) is 0 Å². The lowest BCUT2D eigenvalue weighted by molar-refractivity contribution is 0.199. The first-order valence-electron chi connectivity index (χ1n) is 6.56. The zero-order chi connectivity index (χ0) is 12.1. The molecule has 0 saturated carbocycles. The van der Waals surface area contributed by atoms with Gasteiger partial charge in [0.05, 0.1) is 11.4 Å². The number of hydrogen-bond acceptors (Lipinski definition) is 3. The monoisotopic (exact) mass is 233 g/mol. The van der Waals surface area contributed by atoms with Crippen LogP contribution in [0.5, 0.6) is 0 Å². The Balaban J connectivity index is 1.71. The maximum atomic E-state index is 5.88. The molecule has 1 aliphatic rings. The number of benzene rings is 1. The standard InChI is InChI=1S/C14H23N3/c1-12-6-9-17(10-7-12)11-8-16-14-5-3-2-4-13(14)15/h2-5,12,16H,6-11,15H2,1H3. The minimum atomic E-state index is 0.833. The normalized spacial score (nSPS) is 18.2. The maximum absolute atomic E-state index is 5.88. The van der Waals surface area contributed by atoms with Crippen molar-refractivity contribution < 1.29 is 0 Å². The van der Waals surface area contributed by atoms with Gasteiger partial charge in [0, 0.05) is 13.1 Å². The molecule has 3 N–H and O–H groups in total. The van der Waals surface area contributed by atoms with Crippen LogP contribution in [0, 0.1) is 5.92 Å². The quantitative estimate of drug-likeness (QED) is 0.785. The molecule has 1 aliphatic heterocycles. The Morgan fingerprint density at radius 3 is 2.71 bits per heavy atom. The van der Waals surface area contributed by atoms with Crippen molar-refractivity contribution in [2.75, 3.05) is 37.2 Å². The molecule has 0 aliphatic carbocycles. The molecule has 94 valence electrons. The summed E-state index contributed by atoms with van der Waals surface area (Å²) >= 11 is 0. The fourth-order valence-corrected chi connectivity index (χ4v) is 2.29. The maximum Gasteiger partial charge on any atom is 0.0574 e. The zero-order valence-electron chi connectivity index (χ0n) is 10.7. The van der Waals surface area contributed by atoms with Gasteiger partial charge >= 0.3 is 0 Å². The van der Waals surface area contributed by atoms with Gasteiger partial charge < -0.3 is 16.0 Å². The fourth-order valence-electron chi connectivity index (χ4n) is 2.29. The summed E-state index contributed by atoms with van der Waals surface area (Å²) in [6, 6.07) is 7.95. The molecular formula is C14H23N3. The number of anilines is 2. The van der Waals surface area contributed by atoms with Crippen LogP contribution in [0.15, 0.2) is 24.3 Å². The minimum Gasteiger partial charge on any atom is -0.397 e. The number of nitrogen functional groups attached to an aromatic ring is 1. The van der Waals surface area contributed by atoms with E-state index in [-0.39, 0.29) is 0 Å². The molecule has 17 heavy (non-hydrogen) atoms. The van der Waals surface area contributed by atoms with Crippen molar-refractivity contribution in [2.24, 2.45) is 5.92 Å². The highest BCUT2D eigenvalue weighted by molar-refractivity contribution is 5.65. The van der Waals surface area contributed by atoms with Crippen molar-refractivity contribution in [1.29, 1.82) is 0 Å². The summed E-state index contributed by atoms with van der Waals surface area (Å²) in [4.78, 5) is 2.53. The van der Waals surface area contributed by atoms with E-state index in [0.29, 0.717) is 0 Å². The number of piperidine rings is 1. The molecule has 0 atom stereocenters. The van der Waals surface area contributed by atoms with Crippen molar-refractivity contribution in [3.8, 4) is 0 Å². The van der Waals surface area contributed by atoms with Crippen LogP contribution in [0.3, 0.4) is 0 Å². The average molecular weight is 233 g/mol. The number of nitrogens with two attached hydrogens (primary N) is 1. The summed E-state index contributed by atoms with van der Waals surface area (Å²) in [5.41, 5.74) is 7.77. The van der Waals surface area contributed by atoms with Gasteiger partial charge in [0.1, 0.15) is 0 Å². The molecule has 0 aromatic heterocycles. The van der Waals surface area contributed by atoms with Gasteiger partial charge in [-0.1, -0.05) is 19.1 Å². The predicted octanol–water partition coefficient (Wildman–Crippen LogP) is 2.41. The first-order valence-corrected chi connectivity index (χ1v) is 6.56. The lowest BCUT2D eigenvalue weighted by atomic mass is 9.99. The van der Waals surface area contributed by atoms with E-state index in [4.69, 9.17) is 5.73 Å². The third-order valence-electron chi connectivity index (χ3n) is 3.58. The van der Waals surface area contributed by atoms with Gasteiger partial charge in [-0.3, -0.25) is 0 Å². The number of nitrogens with zero attached hydrogens (tertiary/aromatic N) is 1. The molecule has 1 saturated heterocycles. The molecule has 3 nitrogen and oxygen atoms in total. The van der Waals surface area contributed by atoms with Crippen LogP contribution in [-0.2, 0) is 0 Å². The Kier molecular flexibility index (Phi) is 4.26. The van der Waals surface area contributed by atoms with Crippen LogP contribution >= 0.6 is 0 Å². The van der Waals surface area contributed by atoms with Gasteiger partial charge in [-0.2, -0.15) is 0 Å². The molecule has 1 fully saturated rings. The Labute approximate surface area is 104 Å². The molecule has 1 aromatic carbocycles. The Bertz CT molecular complexity index is 343. The summed E-state index contributed by atoms with van der Waals surface area (Å²) in [6.45, 7) is 6.92. The highest BCUT2D eigenvalue weighted by Crippen LogP contribution is 2.17. The molecule has 0 unspecified atom stereocenters. The molecule has 3 heteroatoms. The van der Waals surface area contributed by atoms with E-state index in [1.54, 1.807) is 0 Å². The molecule has 2 rings (SSSR count). The van der Waals surface area contributed by atoms with E-state index < -0.39 is 0 Å². The van der Waals surface area contributed by atoms with Gasteiger partial charge in [0.2, 0.25) is 0 Å². The first-order chi connectivity index (χ1) is 8.25. The minimum absolute atomic E-state index is 0.833. The van der Waals surface area contributed by atoms with E-state index in [1.807, 2.05) is 24.3 Å². The van der Waals surface area contributed by atoms with E-state index >= 15 is 0 Å². The molecule has 0 amide bonds. The lowest BCUT2D eigenvalue weighted by Gasteiger charge is -2.30. The summed E-state index contributed by atoms with van der Waals surface area (Å²) in [5, 5.41) is 3.40. The number of hydrogen-bond donors (Lipinski definition) is 2. The van der Waals surface area contributed by atoms with Crippen LogP contribution in [-0.4, -0.2) is 31.1 Å². The smallest absolute Gasteiger partial charge is 0.0574 e. The SMILES string of the molecule is CC1CCN(CCNc2ccccc2N)CC1. The fraction of sp³-hybridized carbons (Fsp3) is 0.571. The average Bonchev–Trinajstić information content (AvgIpc) is 2.34. The second kappa shape index (κ2) is 5.92. The van der Waals surface area contributed by atoms with Crippen LogP contribution in [0.4, 0.5) is 11.4 Å². The molecule has 0 spiro atoms. The molecule has 0 bridgehead atoms. The van der Waals surface area contributed by atoms with Crippen molar-refractivity contribution in [3.63, 3.8) is 0 Å². The van der Waals surface area contributed by atoms with Crippen LogP contribution < -0.4 is 11.1 Å². The highest BCUT2D eigenvalue weighted by atomic mass is 15.1. The summed E-state index contributed by atoms with van der Waals surface area (Å²) in [7, 11) is 0. The van der Waals surface area contributed by atoms with E-state index in [9.17, 15) is 0 Å². The Morgan fingerprint density at radius 2 is 2.00 bits per heavy atom. The second-order valence-electron chi connectivity index (χ2n) is 5.04. The number of likely N-dealkylation sites (tertiary alicyclic amines) is 1. The van der Waals surface area contributed by atoms with Crippen LogP contribution in [0.2, 0.25) is 0 Å². The van der Waals surface area contributed by atoms with Gasteiger partial charge in [-0.25, -0.2) is 0 Å². The van der Waals surface area contributed by atoms with Gasteiger partial charge in [0.15, 0.2) is 0 Å². The lowest BCUT2D eigenvalue weighted by Crippen LogP contribution is -2.36. The van der Waals surface area contributed by atoms with E-state index in [2.05, 4.69) is 17.1 Å². The molecule has 1 aromatic rings. The summed E-state index contributed by atoms with van der Waals surface area (Å²) in [6.07, 6.45) is 2.68. The van der Waals surface area contributed by atoms with Gasteiger partial charge in [-0.15, -0.1) is 0 Å². The summed E-state index contributed by atoms with van der Waals surface area (Å²) in [5.74, 6) is 0.906. The van der Waals surface area contributed by atoms with Crippen molar-refractivity contribution in [2.45, 2.75) is 19.8 Å². The third kappa shape index (κ3) is 3.63. The Hall–Kier alpha value is -1.22. The topological polar surface area (TPSA) is 41.3 Å². The van der Waals surface area contributed by atoms with Gasteiger partial charge in [0.25, 0.3) is 0 Å². The Morgan fingerprint density at radius 1 is 1.29 bits per heavy atom. The number of nitrogens with one attached hydrogen (secondary N) is 1. The van der Waals surface area contributed by atoms with E-state index in [1.165, 1.54) is 25.9 Å². The summed E-state index contributed by atoms with van der Waals surface area (Å²) < 4.78 is 0. The molecular weight excluding hydrogens is 210 g/mol. The third-order valence-corrected chi connectivity index (χ3v) is 3.58. The first kappa shape index (κ1) is 12.2. The van der Waals surface area contributed by atoms with E-state index in [0.717, 1.165) is 30.4 Å². The van der Waals surface area contributed by atoms with Gasteiger partial charge in [-0.05, 0) is 44.0 Å². The molecule has 1 heterocycles. The van der Waals surface area contributed by atoms with Crippen LogP contribution in [0.1, 0.15) is 19.8 Å². The van der Waals surface area contributed by atoms with Crippen molar-refractivity contribution in [3.05, 3.63) is 24.3 Å². The van der Waals surface area contributed by atoms with Crippen molar-refractivity contribution in [1.82, 2.24) is 4.90 Å². The molecule has 0 radical (unpaired) electrons. The number of para-hydroxylation sites is 2.